The first-order valence-corrected chi connectivity index (χ1v) is 8.48. The highest BCUT2D eigenvalue weighted by atomic mass is 16.5. The molecule has 1 N–H and O–H groups in total. The molecule has 1 aliphatic carbocycles. The Kier molecular flexibility index (Phi) is 5.48. The lowest BCUT2D eigenvalue weighted by Crippen LogP contribution is -2.38. The molecule has 2 aromatic rings. The first-order valence-electron chi connectivity index (χ1n) is 8.48. The molecule has 6 nitrogen and oxygen atoms in total. The van der Waals surface area contributed by atoms with Crippen molar-refractivity contribution in [2.45, 2.75) is 57.8 Å². The van der Waals surface area contributed by atoms with Gasteiger partial charge in [-0.25, -0.2) is 0 Å². The fourth-order valence-corrected chi connectivity index (χ4v) is 3.32. The van der Waals surface area contributed by atoms with Gasteiger partial charge in [0, 0.05) is 12.6 Å². The van der Waals surface area contributed by atoms with Crippen molar-refractivity contribution in [1.82, 2.24) is 15.0 Å². The molecule has 6 heteroatoms. The monoisotopic (exact) mass is 331 g/mol. The number of hydrogen-bond acceptors (Lipinski definition) is 6. The SMILES string of the molecule is COc1cccc(CN(Cc2nc(C)no2)C2CCC(O)CC2)c1. The van der Waals surface area contributed by atoms with Gasteiger partial charge in [0.05, 0.1) is 19.8 Å². The van der Waals surface area contributed by atoms with Gasteiger partial charge in [0.15, 0.2) is 5.82 Å². The van der Waals surface area contributed by atoms with Crippen molar-refractivity contribution in [2.75, 3.05) is 7.11 Å². The van der Waals surface area contributed by atoms with E-state index in [0.29, 0.717) is 24.3 Å². The molecule has 0 unspecified atom stereocenters. The van der Waals surface area contributed by atoms with Gasteiger partial charge in [-0.2, -0.15) is 4.98 Å². The Morgan fingerprint density at radius 1 is 1.25 bits per heavy atom. The number of aryl methyl sites for hydroxylation is 1. The number of benzene rings is 1. The van der Waals surface area contributed by atoms with Crippen molar-refractivity contribution in [1.29, 1.82) is 0 Å². The third kappa shape index (κ3) is 4.33. The van der Waals surface area contributed by atoms with E-state index >= 15 is 0 Å². The third-order valence-electron chi connectivity index (χ3n) is 4.61. The summed E-state index contributed by atoms with van der Waals surface area (Å²) in [5.41, 5.74) is 1.19. The van der Waals surface area contributed by atoms with E-state index in [2.05, 4.69) is 27.2 Å². The van der Waals surface area contributed by atoms with E-state index < -0.39 is 0 Å². The molecular formula is C18H25N3O3. The summed E-state index contributed by atoms with van der Waals surface area (Å²) in [4.78, 5) is 6.71. The van der Waals surface area contributed by atoms with Crippen LogP contribution in [0.15, 0.2) is 28.8 Å². The second-order valence-corrected chi connectivity index (χ2v) is 6.45. The molecule has 130 valence electrons. The lowest BCUT2D eigenvalue weighted by atomic mass is 9.91. The van der Waals surface area contributed by atoms with Crippen LogP contribution in [0.5, 0.6) is 5.75 Å². The maximum absolute atomic E-state index is 9.78. The predicted octanol–water partition coefficient (Wildman–Crippen LogP) is 2.69. The summed E-state index contributed by atoms with van der Waals surface area (Å²) < 4.78 is 10.6. The number of rotatable bonds is 6. The molecule has 0 radical (unpaired) electrons. The zero-order chi connectivity index (χ0) is 16.9. The number of methoxy groups -OCH3 is 1. The maximum Gasteiger partial charge on any atom is 0.240 e. The number of ether oxygens (including phenoxy) is 1. The minimum atomic E-state index is -0.162. The van der Waals surface area contributed by atoms with Gasteiger partial charge < -0.3 is 14.4 Å². The van der Waals surface area contributed by atoms with Gasteiger partial charge in [0.1, 0.15) is 5.75 Å². The van der Waals surface area contributed by atoms with Crippen LogP contribution < -0.4 is 4.74 Å². The average molecular weight is 331 g/mol. The molecule has 1 aliphatic rings. The molecule has 0 spiro atoms. The lowest BCUT2D eigenvalue weighted by molar-refractivity contribution is 0.0613. The van der Waals surface area contributed by atoms with Crippen molar-refractivity contribution in [3.8, 4) is 5.75 Å². The standard InChI is InChI=1S/C18H25N3O3/c1-13-19-18(24-20-13)12-21(15-6-8-16(22)9-7-15)11-14-4-3-5-17(10-14)23-2/h3-5,10,15-16,22H,6-9,11-12H2,1-2H3. The molecule has 0 atom stereocenters. The Hall–Kier alpha value is -1.92. The van der Waals surface area contributed by atoms with Crippen LogP contribution in [-0.2, 0) is 13.1 Å². The minimum Gasteiger partial charge on any atom is -0.497 e. The van der Waals surface area contributed by atoms with Crippen LogP contribution in [-0.4, -0.2) is 39.4 Å². The van der Waals surface area contributed by atoms with Gasteiger partial charge in [0.2, 0.25) is 5.89 Å². The van der Waals surface area contributed by atoms with Crippen LogP contribution in [0.3, 0.4) is 0 Å². The fourth-order valence-electron chi connectivity index (χ4n) is 3.32. The highest BCUT2D eigenvalue weighted by molar-refractivity contribution is 5.28. The molecule has 3 rings (SSSR count). The van der Waals surface area contributed by atoms with Crippen molar-refractivity contribution in [2.24, 2.45) is 0 Å². The van der Waals surface area contributed by atoms with E-state index in [1.165, 1.54) is 5.56 Å². The van der Waals surface area contributed by atoms with Gasteiger partial charge in [-0.3, -0.25) is 4.90 Å². The van der Waals surface area contributed by atoms with E-state index in [1.807, 2.05) is 19.1 Å². The number of aromatic nitrogens is 2. The van der Waals surface area contributed by atoms with Gasteiger partial charge in [0.25, 0.3) is 0 Å². The van der Waals surface area contributed by atoms with E-state index in [4.69, 9.17) is 9.26 Å². The number of aliphatic hydroxyl groups is 1. The number of nitrogens with zero attached hydrogens (tertiary/aromatic N) is 3. The molecule has 24 heavy (non-hydrogen) atoms. The van der Waals surface area contributed by atoms with Gasteiger partial charge >= 0.3 is 0 Å². The Bertz CT molecular complexity index is 650. The summed E-state index contributed by atoms with van der Waals surface area (Å²) in [6.45, 7) is 3.24. The van der Waals surface area contributed by atoms with E-state index in [1.54, 1.807) is 7.11 Å². The van der Waals surface area contributed by atoms with Gasteiger partial charge in [-0.1, -0.05) is 17.3 Å². The van der Waals surface area contributed by atoms with E-state index in [9.17, 15) is 5.11 Å². The van der Waals surface area contributed by atoms with Crippen molar-refractivity contribution >= 4 is 0 Å². The van der Waals surface area contributed by atoms with Gasteiger partial charge in [-0.05, 0) is 50.3 Å². The largest absolute Gasteiger partial charge is 0.497 e. The summed E-state index contributed by atoms with van der Waals surface area (Å²) in [6, 6.07) is 8.53. The summed E-state index contributed by atoms with van der Waals surface area (Å²) in [7, 11) is 1.68. The van der Waals surface area contributed by atoms with Crippen molar-refractivity contribution < 1.29 is 14.4 Å². The van der Waals surface area contributed by atoms with Crippen LogP contribution in [0, 0.1) is 6.92 Å². The zero-order valence-corrected chi connectivity index (χ0v) is 14.3. The smallest absolute Gasteiger partial charge is 0.240 e. The zero-order valence-electron chi connectivity index (χ0n) is 14.3. The third-order valence-corrected chi connectivity index (χ3v) is 4.61. The second-order valence-electron chi connectivity index (χ2n) is 6.45. The summed E-state index contributed by atoms with van der Waals surface area (Å²) in [5.74, 6) is 2.16. The molecule has 0 aliphatic heterocycles. The van der Waals surface area contributed by atoms with Crippen LogP contribution in [0.1, 0.15) is 43.0 Å². The predicted molar refractivity (Wildman–Crippen MR) is 89.5 cm³/mol. The highest BCUT2D eigenvalue weighted by Crippen LogP contribution is 2.26. The molecular weight excluding hydrogens is 306 g/mol. The highest BCUT2D eigenvalue weighted by Gasteiger charge is 2.26. The Labute approximate surface area is 142 Å². The molecule has 0 saturated heterocycles. The van der Waals surface area contributed by atoms with Crippen LogP contribution in [0.4, 0.5) is 0 Å². The first-order chi connectivity index (χ1) is 11.6. The first kappa shape index (κ1) is 16.9. The van der Waals surface area contributed by atoms with Crippen molar-refractivity contribution in [3.63, 3.8) is 0 Å². The van der Waals surface area contributed by atoms with Crippen molar-refractivity contribution in [3.05, 3.63) is 41.5 Å². The summed E-state index contributed by atoms with van der Waals surface area (Å²) in [5, 5.41) is 13.7. The molecule has 1 saturated carbocycles. The van der Waals surface area contributed by atoms with Crippen LogP contribution in [0.2, 0.25) is 0 Å². The summed E-state index contributed by atoms with van der Waals surface area (Å²) >= 11 is 0. The Morgan fingerprint density at radius 3 is 2.71 bits per heavy atom. The molecule has 1 heterocycles. The average Bonchev–Trinajstić information content (AvgIpc) is 3.00. The normalized spacial score (nSPS) is 21.2. The molecule has 1 aromatic carbocycles. The number of aliphatic hydroxyl groups excluding tert-OH is 1. The van der Waals surface area contributed by atoms with Crippen LogP contribution >= 0.6 is 0 Å². The lowest BCUT2D eigenvalue weighted by Gasteiger charge is -2.35. The molecule has 1 aromatic heterocycles. The number of hydrogen-bond donors (Lipinski definition) is 1. The molecule has 0 amide bonds. The summed E-state index contributed by atoms with van der Waals surface area (Å²) in [6.07, 6.45) is 3.51. The van der Waals surface area contributed by atoms with E-state index in [-0.39, 0.29) is 6.10 Å². The Morgan fingerprint density at radius 2 is 2.04 bits per heavy atom. The molecule has 1 fully saturated rings. The fraction of sp³-hybridized carbons (Fsp3) is 0.556. The minimum absolute atomic E-state index is 0.162. The maximum atomic E-state index is 9.78. The second kappa shape index (κ2) is 7.77. The Balaban J connectivity index is 1.75. The topological polar surface area (TPSA) is 71.6 Å². The van der Waals surface area contributed by atoms with Gasteiger partial charge in [-0.15, -0.1) is 0 Å². The molecule has 0 bridgehead atoms. The van der Waals surface area contributed by atoms with Crippen LogP contribution in [0.25, 0.3) is 0 Å². The quantitative estimate of drug-likeness (QED) is 0.877. The van der Waals surface area contributed by atoms with E-state index in [0.717, 1.165) is 38.0 Å².